The zero-order valence-corrected chi connectivity index (χ0v) is 9.99. The zero-order valence-electron chi connectivity index (χ0n) is 9.99. The number of benzene rings is 1. The Hall–Kier alpha value is -3.63. The molecule has 0 unspecified atom stereocenters. The third-order valence-corrected chi connectivity index (χ3v) is 2.30. The van der Waals surface area contributed by atoms with Gasteiger partial charge >= 0.3 is 0 Å². The Balaban J connectivity index is 3.50. The van der Waals surface area contributed by atoms with Crippen molar-refractivity contribution in [3.63, 3.8) is 0 Å². The van der Waals surface area contributed by atoms with E-state index in [-0.39, 0.29) is 22.4 Å². The molecule has 0 aliphatic heterocycles. The van der Waals surface area contributed by atoms with Crippen molar-refractivity contribution in [2.24, 2.45) is 5.73 Å². The van der Waals surface area contributed by atoms with E-state index >= 15 is 0 Å². The van der Waals surface area contributed by atoms with E-state index in [2.05, 4.69) is 0 Å². The fourth-order valence-corrected chi connectivity index (χ4v) is 1.36. The van der Waals surface area contributed by atoms with Gasteiger partial charge in [-0.05, 0) is 18.2 Å². The van der Waals surface area contributed by atoms with E-state index in [9.17, 15) is 15.3 Å². The smallest absolute Gasteiger partial charge is 0.200 e. The molecule has 0 heterocycles. The molecule has 0 bridgehead atoms. The maximum absolute atomic E-state index is 9.38. The van der Waals surface area contributed by atoms with Crippen LogP contribution in [0.1, 0.15) is 5.56 Å². The molecule has 0 atom stereocenters. The third kappa shape index (κ3) is 2.79. The van der Waals surface area contributed by atoms with Gasteiger partial charge in [-0.2, -0.15) is 15.8 Å². The van der Waals surface area contributed by atoms with E-state index in [1.165, 1.54) is 0 Å². The predicted octanol–water partition coefficient (Wildman–Crippen LogP) is 0.970. The standard InChI is InChI=1S/C13H8N4O3/c14-4-7(5-15)1-10(17)9(6-16)8-2-11(18)13(20)12(19)3-8/h1-3,18-20H,17H2/b10-9+. The van der Waals surface area contributed by atoms with Crippen LogP contribution in [0, 0.1) is 34.0 Å². The van der Waals surface area contributed by atoms with Gasteiger partial charge in [0.2, 0.25) is 0 Å². The summed E-state index contributed by atoms with van der Waals surface area (Å²) in [5.41, 5.74) is 4.98. The van der Waals surface area contributed by atoms with Crippen LogP contribution in [0.5, 0.6) is 17.2 Å². The number of nitrogens with two attached hydrogens (primary N) is 1. The molecule has 20 heavy (non-hydrogen) atoms. The highest BCUT2D eigenvalue weighted by Crippen LogP contribution is 2.37. The number of hydrogen-bond donors (Lipinski definition) is 4. The van der Waals surface area contributed by atoms with Gasteiger partial charge < -0.3 is 21.1 Å². The summed E-state index contributed by atoms with van der Waals surface area (Å²) in [4.78, 5) is 0. The fraction of sp³-hybridized carbons (Fsp3) is 0. The van der Waals surface area contributed by atoms with E-state index in [1.54, 1.807) is 18.2 Å². The van der Waals surface area contributed by atoms with Crippen LogP contribution in [0.2, 0.25) is 0 Å². The number of phenols is 3. The first kappa shape index (κ1) is 14.4. The molecule has 7 nitrogen and oxygen atoms in total. The highest BCUT2D eigenvalue weighted by atomic mass is 16.3. The molecule has 0 radical (unpaired) electrons. The van der Waals surface area contributed by atoms with E-state index in [4.69, 9.17) is 21.5 Å². The summed E-state index contributed by atoms with van der Waals surface area (Å²) in [6, 6.07) is 6.94. The first-order valence-corrected chi connectivity index (χ1v) is 5.11. The normalized spacial score (nSPS) is 10.4. The molecule has 0 aliphatic carbocycles. The molecule has 7 heteroatoms. The molecule has 0 fully saturated rings. The lowest BCUT2D eigenvalue weighted by Crippen LogP contribution is -1.99. The number of allylic oxidation sites excluding steroid dienone is 3. The third-order valence-electron chi connectivity index (χ3n) is 2.30. The van der Waals surface area contributed by atoms with Crippen molar-refractivity contribution in [2.45, 2.75) is 0 Å². The Labute approximate surface area is 114 Å². The van der Waals surface area contributed by atoms with Crippen LogP contribution in [0.15, 0.2) is 29.5 Å². The highest BCUT2D eigenvalue weighted by molar-refractivity contribution is 5.82. The molecular formula is C13H8N4O3. The maximum atomic E-state index is 9.38. The van der Waals surface area contributed by atoms with Crippen LogP contribution in [0.25, 0.3) is 5.57 Å². The minimum Gasteiger partial charge on any atom is -0.504 e. The zero-order chi connectivity index (χ0) is 15.3. The summed E-state index contributed by atoms with van der Waals surface area (Å²) in [6.45, 7) is 0. The average Bonchev–Trinajstić information content (AvgIpc) is 2.42. The monoisotopic (exact) mass is 268 g/mol. The molecule has 98 valence electrons. The van der Waals surface area contributed by atoms with Crippen molar-refractivity contribution in [3.05, 3.63) is 35.0 Å². The number of rotatable bonds is 2. The Bertz CT molecular complexity index is 703. The second kappa shape index (κ2) is 5.81. The average molecular weight is 268 g/mol. The molecule has 0 saturated carbocycles. The number of aromatic hydroxyl groups is 3. The highest BCUT2D eigenvalue weighted by Gasteiger charge is 2.13. The number of phenolic OH excluding ortho intramolecular Hbond substituents is 3. The van der Waals surface area contributed by atoms with Crippen molar-refractivity contribution in [1.82, 2.24) is 0 Å². The summed E-state index contributed by atoms with van der Waals surface area (Å²) in [7, 11) is 0. The molecule has 1 rings (SSSR count). The predicted molar refractivity (Wildman–Crippen MR) is 67.5 cm³/mol. The van der Waals surface area contributed by atoms with E-state index in [0.717, 1.165) is 18.2 Å². The second-order valence-electron chi connectivity index (χ2n) is 3.59. The van der Waals surface area contributed by atoms with Gasteiger partial charge in [-0.3, -0.25) is 0 Å². The summed E-state index contributed by atoms with van der Waals surface area (Å²) < 4.78 is 0. The van der Waals surface area contributed by atoms with Gasteiger partial charge in [0.25, 0.3) is 0 Å². The van der Waals surface area contributed by atoms with Gasteiger partial charge in [0.15, 0.2) is 17.2 Å². The first-order chi connectivity index (χ1) is 9.44. The Morgan fingerprint density at radius 2 is 1.50 bits per heavy atom. The first-order valence-electron chi connectivity index (χ1n) is 5.11. The van der Waals surface area contributed by atoms with Crippen LogP contribution in [0.4, 0.5) is 0 Å². The van der Waals surface area contributed by atoms with Crippen LogP contribution in [0.3, 0.4) is 0 Å². The van der Waals surface area contributed by atoms with E-state index < -0.39 is 17.2 Å². The van der Waals surface area contributed by atoms with Crippen LogP contribution in [-0.4, -0.2) is 15.3 Å². The molecule has 0 saturated heterocycles. The molecular weight excluding hydrogens is 260 g/mol. The molecule has 5 N–H and O–H groups in total. The quantitative estimate of drug-likeness (QED) is 0.353. The van der Waals surface area contributed by atoms with Crippen molar-refractivity contribution < 1.29 is 15.3 Å². The van der Waals surface area contributed by atoms with Crippen LogP contribution in [-0.2, 0) is 0 Å². The Morgan fingerprint density at radius 3 is 1.90 bits per heavy atom. The summed E-state index contributed by atoms with van der Waals surface area (Å²) in [5, 5.41) is 54.2. The molecule has 1 aromatic rings. The number of hydrogen-bond acceptors (Lipinski definition) is 7. The van der Waals surface area contributed by atoms with Crippen molar-refractivity contribution >= 4 is 5.57 Å². The maximum Gasteiger partial charge on any atom is 0.200 e. The molecule has 0 spiro atoms. The Kier molecular flexibility index (Phi) is 4.19. The van der Waals surface area contributed by atoms with Crippen molar-refractivity contribution in [2.75, 3.05) is 0 Å². The van der Waals surface area contributed by atoms with E-state index in [0.29, 0.717) is 0 Å². The SMILES string of the molecule is N#CC(C#N)=C/C(N)=C(/C#N)c1cc(O)c(O)c(O)c1. The lowest BCUT2D eigenvalue weighted by Gasteiger charge is -2.06. The fourth-order valence-electron chi connectivity index (χ4n) is 1.36. The van der Waals surface area contributed by atoms with Crippen molar-refractivity contribution in [3.8, 4) is 35.5 Å². The lowest BCUT2D eigenvalue weighted by molar-refractivity contribution is 0.367. The van der Waals surface area contributed by atoms with Crippen LogP contribution < -0.4 is 5.73 Å². The summed E-state index contributed by atoms with van der Waals surface area (Å²) in [6.07, 6.45) is 1.000. The van der Waals surface area contributed by atoms with Crippen LogP contribution >= 0.6 is 0 Å². The second-order valence-corrected chi connectivity index (χ2v) is 3.59. The molecule has 0 aromatic heterocycles. The molecule has 0 aliphatic rings. The minimum atomic E-state index is -0.727. The number of nitriles is 3. The van der Waals surface area contributed by atoms with Gasteiger partial charge in [0, 0.05) is 5.56 Å². The minimum absolute atomic E-state index is 0.0317. The van der Waals surface area contributed by atoms with Gasteiger partial charge in [0.05, 0.1) is 11.3 Å². The molecule has 0 amide bonds. The molecule has 1 aromatic carbocycles. The Morgan fingerprint density at radius 1 is 1.00 bits per heavy atom. The van der Waals surface area contributed by atoms with Crippen molar-refractivity contribution in [1.29, 1.82) is 15.8 Å². The summed E-state index contributed by atoms with van der Waals surface area (Å²) >= 11 is 0. The summed E-state index contributed by atoms with van der Waals surface area (Å²) in [5.74, 6) is -1.99. The van der Waals surface area contributed by atoms with Gasteiger partial charge in [-0.1, -0.05) is 0 Å². The largest absolute Gasteiger partial charge is 0.504 e. The van der Waals surface area contributed by atoms with E-state index in [1.807, 2.05) is 0 Å². The topological polar surface area (TPSA) is 158 Å². The van der Waals surface area contributed by atoms with Gasteiger partial charge in [0.1, 0.15) is 23.8 Å². The number of nitrogens with zero attached hydrogens (tertiary/aromatic N) is 3. The van der Waals surface area contributed by atoms with Gasteiger partial charge in [-0.25, -0.2) is 0 Å². The van der Waals surface area contributed by atoms with Gasteiger partial charge in [-0.15, -0.1) is 0 Å². The lowest BCUT2D eigenvalue weighted by atomic mass is 10.0.